The van der Waals surface area contributed by atoms with Crippen LogP contribution in [0.1, 0.15) is 16.7 Å². The molecule has 1 aliphatic rings. The van der Waals surface area contributed by atoms with Gasteiger partial charge < -0.3 is 14.8 Å². The number of aromatic nitrogens is 2. The summed E-state index contributed by atoms with van der Waals surface area (Å²) in [5.74, 6) is 1.02. The van der Waals surface area contributed by atoms with Crippen molar-refractivity contribution >= 4 is 11.6 Å². The van der Waals surface area contributed by atoms with Crippen molar-refractivity contribution in [2.45, 2.75) is 27.3 Å². The summed E-state index contributed by atoms with van der Waals surface area (Å²) in [5, 5.41) is 7.29. The molecule has 0 aliphatic carbocycles. The lowest BCUT2D eigenvalue weighted by atomic mass is 10.1. The van der Waals surface area contributed by atoms with Crippen LogP contribution in [0.5, 0.6) is 11.5 Å². The fourth-order valence-corrected chi connectivity index (χ4v) is 3.61. The van der Waals surface area contributed by atoms with Gasteiger partial charge in [-0.2, -0.15) is 5.10 Å². The number of aryl methyl sites for hydroxylation is 3. The summed E-state index contributed by atoms with van der Waals surface area (Å²) < 4.78 is 12.3. The zero-order valence-electron chi connectivity index (χ0n) is 17.2. The van der Waals surface area contributed by atoms with Gasteiger partial charge in [0.05, 0.1) is 5.69 Å². The van der Waals surface area contributed by atoms with E-state index in [0.717, 1.165) is 27.9 Å². The summed E-state index contributed by atoms with van der Waals surface area (Å²) in [4.78, 5) is 24.9. The zero-order valence-corrected chi connectivity index (χ0v) is 17.2. The predicted octanol–water partition coefficient (Wildman–Crippen LogP) is 3.25. The van der Waals surface area contributed by atoms with Gasteiger partial charge in [0.25, 0.3) is 5.56 Å². The molecule has 1 amide bonds. The quantitative estimate of drug-likeness (QED) is 0.721. The first-order chi connectivity index (χ1) is 14.4. The maximum atomic E-state index is 12.6. The molecule has 1 N–H and O–H groups in total. The van der Waals surface area contributed by atoms with Gasteiger partial charge in [0.15, 0.2) is 11.5 Å². The molecule has 30 heavy (non-hydrogen) atoms. The first-order valence-corrected chi connectivity index (χ1v) is 9.76. The molecule has 1 aliphatic heterocycles. The predicted molar refractivity (Wildman–Crippen MR) is 114 cm³/mol. The van der Waals surface area contributed by atoms with Crippen molar-refractivity contribution in [1.29, 1.82) is 0 Å². The first kappa shape index (κ1) is 19.7. The van der Waals surface area contributed by atoms with E-state index in [9.17, 15) is 9.59 Å². The van der Waals surface area contributed by atoms with Gasteiger partial charge in [-0.15, -0.1) is 0 Å². The van der Waals surface area contributed by atoms with E-state index in [2.05, 4.69) is 10.4 Å². The van der Waals surface area contributed by atoms with Gasteiger partial charge in [-0.3, -0.25) is 9.59 Å². The molecule has 2 aromatic carbocycles. The number of hydrogen-bond donors (Lipinski definition) is 1. The van der Waals surface area contributed by atoms with Crippen molar-refractivity contribution < 1.29 is 14.3 Å². The summed E-state index contributed by atoms with van der Waals surface area (Å²) in [6.45, 7) is 6.74. The number of nitrogens with zero attached hydrogens (tertiary/aromatic N) is 2. The second kappa shape index (κ2) is 8.02. The third-order valence-corrected chi connectivity index (χ3v) is 4.94. The van der Waals surface area contributed by atoms with Gasteiger partial charge >= 0.3 is 0 Å². The normalized spacial score (nSPS) is 12.5. The van der Waals surface area contributed by atoms with E-state index in [1.54, 1.807) is 6.07 Å². The molecule has 0 atom stereocenters. The number of ether oxygens (including phenoxy) is 2. The van der Waals surface area contributed by atoms with Crippen molar-refractivity contribution in [3.05, 3.63) is 69.5 Å². The van der Waals surface area contributed by atoms with Crippen LogP contribution in [0.4, 0.5) is 5.69 Å². The van der Waals surface area contributed by atoms with Crippen molar-refractivity contribution in [2.75, 3.05) is 18.5 Å². The number of rotatable bonds is 4. The molecule has 3 aromatic rings. The number of fused-ring (bicyclic) bond motifs is 1. The number of carbonyl (C=O) groups is 1. The summed E-state index contributed by atoms with van der Waals surface area (Å²) in [5.41, 5.74) is 4.86. The van der Waals surface area contributed by atoms with Crippen LogP contribution in [0.15, 0.2) is 47.3 Å². The van der Waals surface area contributed by atoms with Crippen LogP contribution in [-0.2, 0) is 11.3 Å². The van der Waals surface area contributed by atoms with E-state index in [1.165, 1.54) is 10.7 Å². The second-order valence-electron chi connectivity index (χ2n) is 7.39. The van der Waals surface area contributed by atoms with Gasteiger partial charge in [-0.05, 0) is 56.2 Å². The summed E-state index contributed by atoms with van der Waals surface area (Å²) in [6, 6.07) is 12.6. The van der Waals surface area contributed by atoms with E-state index in [4.69, 9.17) is 9.47 Å². The highest BCUT2D eigenvalue weighted by Crippen LogP contribution is 2.33. The van der Waals surface area contributed by atoms with Gasteiger partial charge in [0, 0.05) is 17.3 Å². The summed E-state index contributed by atoms with van der Waals surface area (Å²) in [6.07, 6.45) is 0. The number of benzene rings is 2. The van der Waals surface area contributed by atoms with Crippen LogP contribution in [0.2, 0.25) is 0 Å². The Bertz CT molecular complexity index is 1160. The maximum Gasteiger partial charge on any atom is 0.267 e. The average Bonchev–Trinajstić information content (AvgIpc) is 2.72. The second-order valence-corrected chi connectivity index (χ2v) is 7.39. The van der Waals surface area contributed by atoms with Gasteiger partial charge in [-0.1, -0.05) is 17.7 Å². The van der Waals surface area contributed by atoms with Gasteiger partial charge in [0.2, 0.25) is 5.91 Å². The minimum atomic E-state index is -0.344. The average molecular weight is 405 g/mol. The van der Waals surface area contributed by atoms with Crippen LogP contribution >= 0.6 is 0 Å². The number of nitrogens with one attached hydrogen (secondary N) is 1. The number of anilines is 1. The minimum absolute atomic E-state index is 0.177. The Morgan fingerprint density at radius 2 is 1.70 bits per heavy atom. The molecule has 0 spiro atoms. The van der Waals surface area contributed by atoms with Crippen LogP contribution in [0.25, 0.3) is 11.3 Å². The Morgan fingerprint density at radius 3 is 2.43 bits per heavy atom. The van der Waals surface area contributed by atoms with Crippen molar-refractivity contribution in [3.8, 4) is 22.8 Å². The van der Waals surface area contributed by atoms with Crippen LogP contribution in [0, 0.1) is 20.8 Å². The number of amides is 1. The standard InChI is InChI=1S/C23H23N3O4/c1-14-10-15(2)23(16(3)11-14)24-21(27)13-26-22(28)7-5-18(25-26)17-4-6-19-20(12-17)30-9-8-29-19/h4-7,10-12H,8-9,13H2,1-3H3,(H,24,27). The van der Waals surface area contributed by atoms with Gasteiger partial charge in [0.1, 0.15) is 19.8 Å². The Morgan fingerprint density at radius 1 is 1.00 bits per heavy atom. The molecular formula is C23H23N3O4. The number of hydrogen-bond acceptors (Lipinski definition) is 5. The smallest absolute Gasteiger partial charge is 0.267 e. The Hall–Kier alpha value is -3.61. The molecular weight excluding hydrogens is 382 g/mol. The molecule has 0 saturated heterocycles. The monoisotopic (exact) mass is 405 g/mol. The van der Waals surface area contributed by atoms with E-state index in [0.29, 0.717) is 30.4 Å². The molecule has 7 nitrogen and oxygen atoms in total. The third kappa shape index (κ3) is 4.05. The van der Waals surface area contributed by atoms with Crippen LogP contribution < -0.4 is 20.3 Å². The lowest BCUT2D eigenvalue weighted by Crippen LogP contribution is -2.29. The highest BCUT2D eigenvalue weighted by molar-refractivity contribution is 5.92. The van der Waals surface area contributed by atoms with E-state index < -0.39 is 0 Å². The van der Waals surface area contributed by atoms with Crippen molar-refractivity contribution in [2.24, 2.45) is 0 Å². The Balaban J connectivity index is 1.57. The van der Waals surface area contributed by atoms with E-state index >= 15 is 0 Å². The molecule has 2 heterocycles. The lowest BCUT2D eigenvalue weighted by molar-refractivity contribution is -0.117. The zero-order chi connectivity index (χ0) is 21.3. The summed E-state index contributed by atoms with van der Waals surface area (Å²) in [7, 11) is 0. The SMILES string of the molecule is Cc1cc(C)c(NC(=O)Cn2nc(-c3ccc4c(c3)OCCO4)ccc2=O)c(C)c1. The topological polar surface area (TPSA) is 82.5 Å². The molecule has 0 bridgehead atoms. The lowest BCUT2D eigenvalue weighted by Gasteiger charge is -2.18. The largest absolute Gasteiger partial charge is 0.486 e. The summed E-state index contributed by atoms with van der Waals surface area (Å²) >= 11 is 0. The molecule has 0 saturated carbocycles. The van der Waals surface area contributed by atoms with Crippen molar-refractivity contribution in [1.82, 2.24) is 9.78 Å². The minimum Gasteiger partial charge on any atom is -0.486 e. The molecule has 154 valence electrons. The Kier molecular flexibility index (Phi) is 5.27. The number of carbonyl (C=O) groups excluding carboxylic acids is 1. The Labute approximate surface area is 174 Å². The fourth-order valence-electron chi connectivity index (χ4n) is 3.61. The van der Waals surface area contributed by atoms with Crippen LogP contribution in [0.3, 0.4) is 0 Å². The highest BCUT2D eigenvalue weighted by Gasteiger charge is 2.15. The van der Waals surface area contributed by atoms with Gasteiger partial charge in [-0.25, -0.2) is 4.68 Å². The molecule has 1 aromatic heterocycles. The molecule has 0 unspecified atom stereocenters. The molecule has 0 fully saturated rings. The molecule has 7 heteroatoms. The fraction of sp³-hybridized carbons (Fsp3) is 0.261. The third-order valence-electron chi connectivity index (χ3n) is 4.94. The molecule has 4 rings (SSSR count). The van der Waals surface area contributed by atoms with Crippen molar-refractivity contribution in [3.63, 3.8) is 0 Å². The van der Waals surface area contributed by atoms with E-state index in [-0.39, 0.29) is 18.0 Å². The highest BCUT2D eigenvalue weighted by atomic mass is 16.6. The first-order valence-electron chi connectivity index (χ1n) is 9.76. The van der Waals surface area contributed by atoms with E-state index in [1.807, 2.05) is 51.1 Å². The maximum absolute atomic E-state index is 12.6. The van der Waals surface area contributed by atoms with Crippen LogP contribution in [-0.4, -0.2) is 28.9 Å². The molecule has 0 radical (unpaired) electrons.